The van der Waals surface area contributed by atoms with Gasteiger partial charge in [-0.25, -0.2) is 0 Å². The highest BCUT2D eigenvalue weighted by molar-refractivity contribution is 9.10. The molecule has 20 heavy (non-hydrogen) atoms. The van der Waals surface area contributed by atoms with Crippen molar-refractivity contribution in [1.82, 2.24) is 5.32 Å². The number of benzene rings is 1. The summed E-state index contributed by atoms with van der Waals surface area (Å²) in [5.41, 5.74) is 1.50. The molecule has 4 atom stereocenters. The van der Waals surface area contributed by atoms with Gasteiger partial charge in [0.15, 0.2) is 0 Å². The molecule has 2 heteroatoms. The topological polar surface area (TPSA) is 12.0 Å². The smallest absolute Gasteiger partial charge is 0.0178 e. The van der Waals surface area contributed by atoms with E-state index >= 15 is 0 Å². The van der Waals surface area contributed by atoms with Crippen LogP contribution in [0.15, 0.2) is 28.7 Å². The molecule has 4 unspecified atom stereocenters. The Morgan fingerprint density at radius 3 is 2.85 bits per heavy atom. The first-order valence-electron chi connectivity index (χ1n) is 8.22. The van der Waals surface area contributed by atoms with E-state index in [0.29, 0.717) is 5.92 Å². The molecule has 1 aromatic rings. The van der Waals surface area contributed by atoms with Gasteiger partial charge in [-0.2, -0.15) is 0 Å². The second-order valence-electron chi connectivity index (χ2n) is 6.73. The van der Waals surface area contributed by atoms with E-state index in [1.54, 1.807) is 0 Å². The molecule has 0 spiro atoms. The van der Waals surface area contributed by atoms with Gasteiger partial charge in [0.1, 0.15) is 0 Å². The summed E-state index contributed by atoms with van der Waals surface area (Å²) in [6, 6.07) is 8.93. The minimum Gasteiger partial charge on any atom is -0.316 e. The molecule has 1 aromatic carbocycles. The minimum absolute atomic E-state index is 0.678. The molecule has 1 N–H and O–H groups in total. The average Bonchev–Trinajstić information content (AvgIpc) is 3.06. The maximum atomic E-state index is 3.62. The zero-order valence-corrected chi connectivity index (χ0v) is 14.0. The van der Waals surface area contributed by atoms with Crippen LogP contribution < -0.4 is 5.32 Å². The predicted molar refractivity (Wildman–Crippen MR) is 89.0 cm³/mol. The molecule has 0 heterocycles. The van der Waals surface area contributed by atoms with Gasteiger partial charge in [0.2, 0.25) is 0 Å². The molecular weight excluding hydrogens is 310 g/mol. The second kappa shape index (κ2) is 6.62. The first-order chi connectivity index (χ1) is 9.76. The van der Waals surface area contributed by atoms with Gasteiger partial charge < -0.3 is 5.32 Å². The number of hydrogen-bond acceptors (Lipinski definition) is 1. The van der Waals surface area contributed by atoms with Gasteiger partial charge in [-0.3, -0.25) is 0 Å². The van der Waals surface area contributed by atoms with Crippen LogP contribution in [0.1, 0.15) is 50.5 Å². The van der Waals surface area contributed by atoms with Crippen LogP contribution in [-0.2, 0) is 0 Å². The molecule has 2 bridgehead atoms. The molecule has 0 aromatic heterocycles. The van der Waals surface area contributed by atoms with Crippen molar-refractivity contribution in [2.24, 2.45) is 17.8 Å². The van der Waals surface area contributed by atoms with Gasteiger partial charge in [-0.1, -0.05) is 41.4 Å². The van der Waals surface area contributed by atoms with Gasteiger partial charge in [-0.15, -0.1) is 0 Å². The first-order valence-corrected chi connectivity index (χ1v) is 9.01. The fourth-order valence-electron chi connectivity index (χ4n) is 4.45. The lowest BCUT2D eigenvalue weighted by Gasteiger charge is -2.27. The highest BCUT2D eigenvalue weighted by Gasteiger charge is 2.40. The quantitative estimate of drug-likeness (QED) is 0.773. The Balaban J connectivity index is 1.69. The number of rotatable bonds is 6. The summed E-state index contributed by atoms with van der Waals surface area (Å²) in [5, 5.41) is 3.57. The lowest BCUT2D eigenvalue weighted by atomic mass is 9.80. The average molecular weight is 336 g/mol. The number of hydrogen-bond donors (Lipinski definition) is 1. The monoisotopic (exact) mass is 335 g/mol. The third-order valence-electron chi connectivity index (χ3n) is 5.43. The fourth-order valence-corrected chi connectivity index (χ4v) is 4.86. The third-order valence-corrected chi connectivity index (χ3v) is 5.93. The van der Waals surface area contributed by atoms with Gasteiger partial charge in [0, 0.05) is 11.0 Å². The van der Waals surface area contributed by atoms with E-state index in [1.807, 2.05) is 0 Å². The van der Waals surface area contributed by atoms with Gasteiger partial charge in [0.25, 0.3) is 0 Å². The molecule has 2 aliphatic rings. The SMILES string of the molecule is CCNCC(CC1CC2CCC1C2)c1cccc(Br)c1. The van der Waals surface area contributed by atoms with E-state index in [2.05, 4.69) is 52.4 Å². The summed E-state index contributed by atoms with van der Waals surface area (Å²) in [6.07, 6.45) is 7.42. The first kappa shape index (κ1) is 14.6. The van der Waals surface area contributed by atoms with Crippen molar-refractivity contribution in [2.75, 3.05) is 13.1 Å². The molecule has 110 valence electrons. The number of nitrogens with one attached hydrogen (secondary N) is 1. The van der Waals surface area contributed by atoms with Crippen LogP contribution in [0.25, 0.3) is 0 Å². The Labute approximate surface area is 131 Å². The van der Waals surface area contributed by atoms with Crippen molar-refractivity contribution in [3.63, 3.8) is 0 Å². The molecular formula is C18H26BrN. The van der Waals surface area contributed by atoms with Crippen LogP contribution >= 0.6 is 15.9 Å². The fraction of sp³-hybridized carbons (Fsp3) is 0.667. The summed E-state index contributed by atoms with van der Waals surface area (Å²) < 4.78 is 1.21. The third kappa shape index (κ3) is 3.28. The van der Waals surface area contributed by atoms with Crippen molar-refractivity contribution in [3.8, 4) is 0 Å². The van der Waals surface area contributed by atoms with Gasteiger partial charge in [-0.05, 0) is 73.6 Å². The minimum atomic E-state index is 0.678. The summed E-state index contributed by atoms with van der Waals surface area (Å²) in [5.74, 6) is 3.76. The molecule has 0 aliphatic heterocycles. The van der Waals surface area contributed by atoms with Crippen LogP contribution in [-0.4, -0.2) is 13.1 Å². The lowest BCUT2D eigenvalue weighted by Crippen LogP contribution is -2.24. The molecule has 2 saturated carbocycles. The van der Waals surface area contributed by atoms with Crippen molar-refractivity contribution < 1.29 is 0 Å². The van der Waals surface area contributed by atoms with E-state index < -0.39 is 0 Å². The zero-order chi connectivity index (χ0) is 13.9. The number of halogens is 1. The lowest BCUT2D eigenvalue weighted by molar-refractivity contribution is 0.292. The molecule has 1 nitrogen and oxygen atoms in total. The normalized spacial score (nSPS) is 29.8. The zero-order valence-electron chi connectivity index (χ0n) is 12.4. The second-order valence-corrected chi connectivity index (χ2v) is 7.65. The molecule has 2 fully saturated rings. The Kier molecular flexibility index (Phi) is 4.83. The highest BCUT2D eigenvalue weighted by Crippen LogP contribution is 2.51. The van der Waals surface area contributed by atoms with E-state index in [0.717, 1.165) is 30.8 Å². The maximum absolute atomic E-state index is 3.62. The van der Waals surface area contributed by atoms with Gasteiger partial charge in [0.05, 0.1) is 0 Å². The summed E-state index contributed by atoms with van der Waals surface area (Å²) in [4.78, 5) is 0. The van der Waals surface area contributed by atoms with Crippen molar-refractivity contribution in [3.05, 3.63) is 34.3 Å². The van der Waals surface area contributed by atoms with E-state index in [9.17, 15) is 0 Å². The van der Waals surface area contributed by atoms with Crippen LogP contribution in [0.5, 0.6) is 0 Å². The predicted octanol–water partition coefficient (Wildman–Crippen LogP) is 4.97. The largest absolute Gasteiger partial charge is 0.316 e. The summed E-state index contributed by atoms with van der Waals surface area (Å²) >= 11 is 3.62. The van der Waals surface area contributed by atoms with Crippen LogP contribution in [0, 0.1) is 17.8 Å². The Morgan fingerprint density at radius 2 is 2.20 bits per heavy atom. The molecule has 2 aliphatic carbocycles. The van der Waals surface area contributed by atoms with Crippen molar-refractivity contribution in [2.45, 2.75) is 44.9 Å². The Hall–Kier alpha value is -0.340. The molecule has 3 rings (SSSR count). The number of likely N-dealkylation sites (N-methyl/N-ethyl adjacent to an activating group) is 1. The van der Waals surface area contributed by atoms with E-state index in [1.165, 1.54) is 42.1 Å². The van der Waals surface area contributed by atoms with Crippen molar-refractivity contribution >= 4 is 15.9 Å². The molecule has 0 radical (unpaired) electrons. The van der Waals surface area contributed by atoms with Crippen LogP contribution in [0.2, 0.25) is 0 Å². The van der Waals surface area contributed by atoms with E-state index in [4.69, 9.17) is 0 Å². The van der Waals surface area contributed by atoms with Crippen LogP contribution in [0.3, 0.4) is 0 Å². The molecule has 0 amide bonds. The summed E-state index contributed by atoms with van der Waals surface area (Å²) in [6.45, 7) is 4.40. The standard InChI is InChI=1S/C18H26BrN/c1-2-20-12-17(14-4-3-5-18(19)11-14)10-16-9-13-6-7-15(16)8-13/h3-5,11,13,15-17,20H,2,6-10,12H2,1H3. The summed E-state index contributed by atoms with van der Waals surface area (Å²) in [7, 11) is 0. The van der Waals surface area contributed by atoms with Gasteiger partial charge >= 0.3 is 0 Å². The Morgan fingerprint density at radius 1 is 1.30 bits per heavy atom. The van der Waals surface area contributed by atoms with E-state index in [-0.39, 0.29) is 0 Å². The highest BCUT2D eigenvalue weighted by atomic mass is 79.9. The Bertz CT molecular complexity index is 445. The number of fused-ring (bicyclic) bond motifs is 2. The van der Waals surface area contributed by atoms with Crippen molar-refractivity contribution in [1.29, 1.82) is 0 Å². The maximum Gasteiger partial charge on any atom is 0.0178 e. The molecule has 0 saturated heterocycles. The van der Waals surface area contributed by atoms with Crippen LogP contribution in [0.4, 0.5) is 0 Å².